The molecule has 0 atom stereocenters. The molecule has 128 valence electrons. The third-order valence-corrected chi connectivity index (χ3v) is 4.59. The number of hydrogen-bond donors (Lipinski definition) is 2. The van der Waals surface area contributed by atoms with Gasteiger partial charge in [0.2, 0.25) is 5.88 Å². The number of rotatable bonds is 3. The molecule has 3 aromatic carbocycles. The Bertz CT molecular complexity index is 1170. The first-order valence-corrected chi connectivity index (χ1v) is 8.11. The summed E-state index contributed by atoms with van der Waals surface area (Å²) in [7, 11) is 1.57. The topological polar surface area (TPSA) is 92.4 Å². The molecule has 5 heteroatoms. The second kappa shape index (κ2) is 6.01. The zero-order valence-corrected chi connectivity index (χ0v) is 14.1. The standard InChI is InChI=1S/C21H16N2O3/c1-25-13-7-8-14-15(10-13)19(24)16(9-12-5-3-2-4-6-12)18-17(11-22)21(23)26-20(14)18/h2-8,10,24H,9,23H2,1H3. The fourth-order valence-electron chi connectivity index (χ4n) is 3.33. The Balaban J connectivity index is 2.12. The Hall–Kier alpha value is -3.65. The van der Waals surface area contributed by atoms with Crippen molar-refractivity contribution in [1.29, 1.82) is 5.26 Å². The fraction of sp³-hybridized carbons (Fsp3) is 0.0952. The van der Waals surface area contributed by atoms with Gasteiger partial charge in [-0.3, -0.25) is 0 Å². The zero-order chi connectivity index (χ0) is 18.3. The van der Waals surface area contributed by atoms with E-state index >= 15 is 0 Å². The highest BCUT2D eigenvalue weighted by atomic mass is 16.5. The summed E-state index contributed by atoms with van der Waals surface area (Å²) in [6.07, 6.45) is 0.448. The molecule has 0 fully saturated rings. The molecule has 3 N–H and O–H groups in total. The third kappa shape index (κ3) is 2.32. The lowest BCUT2D eigenvalue weighted by Crippen LogP contribution is -1.94. The molecule has 0 radical (unpaired) electrons. The van der Waals surface area contributed by atoms with E-state index in [4.69, 9.17) is 14.9 Å². The van der Waals surface area contributed by atoms with Crippen molar-refractivity contribution in [2.45, 2.75) is 6.42 Å². The predicted octanol–water partition coefficient (Wildman–Crippen LogP) is 4.34. The Morgan fingerprint density at radius 1 is 1.15 bits per heavy atom. The van der Waals surface area contributed by atoms with Gasteiger partial charge in [-0.15, -0.1) is 0 Å². The number of furan rings is 1. The van der Waals surface area contributed by atoms with Crippen LogP contribution in [0.2, 0.25) is 0 Å². The third-order valence-electron chi connectivity index (χ3n) is 4.59. The maximum Gasteiger partial charge on any atom is 0.209 e. The van der Waals surface area contributed by atoms with Crippen LogP contribution in [0.25, 0.3) is 21.7 Å². The average Bonchev–Trinajstić information content (AvgIpc) is 3.01. The molecule has 0 aliphatic carbocycles. The lowest BCUT2D eigenvalue weighted by molar-refractivity contribution is 0.415. The SMILES string of the molecule is COc1ccc2c(c1)c(O)c(Cc1ccccc1)c1c(C#N)c(N)oc12. The van der Waals surface area contributed by atoms with Crippen LogP contribution in [0.3, 0.4) is 0 Å². The van der Waals surface area contributed by atoms with Crippen molar-refractivity contribution in [1.82, 2.24) is 0 Å². The van der Waals surface area contributed by atoms with Crippen molar-refractivity contribution < 1.29 is 14.3 Å². The maximum absolute atomic E-state index is 11.0. The van der Waals surface area contributed by atoms with Crippen LogP contribution in [0, 0.1) is 11.3 Å². The second-order valence-corrected chi connectivity index (χ2v) is 6.06. The molecule has 5 nitrogen and oxygen atoms in total. The normalized spacial score (nSPS) is 10.9. The molecule has 26 heavy (non-hydrogen) atoms. The van der Waals surface area contributed by atoms with Gasteiger partial charge < -0.3 is 20.0 Å². The molecule has 0 saturated carbocycles. The van der Waals surface area contributed by atoms with E-state index in [0.29, 0.717) is 39.5 Å². The Morgan fingerprint density at radius 2 is 1.92 bits per heavy atom. The Kier molecular flexibility index (Phi) is 3.67. The molecule has 0 aliphatic rings. The highest BCUT2D eigenvalue weighted by Crippen LogP contribution is 2.43. The molecule has 4 rings (SSSR count). The predicted molar refractivity (Wildman–Crippen MR) is 100 cm³/mol. The molecule has 0 aliphatic heterocycles. The number of methoxy groups -OCH3 is 1. The van der Waals surface area contributed by atoms with Crippen LogP contribution in [0.5, 0.6) is 11.5 Å². The summed E-state index contributed by atoms with van der Waals surface area (Å²) in [6.45, 7) is 0. The summed E-state index contributed by atoms with van der Waals surface area (Å²) in [5, 5.41) is 22.4. The Morgan fingerprint density at radius 3 is 2.62 bits per heavy atom. The van der Waals surface area contributed by atoms with Crippen molar-refractivity contribution in [2.75, 3.05) is 12.8 Å². The minimum absolute atomic E-state index is 0.0551. The second-order valence-electron chi connectivity index (χ2n) is 6.06. The lowest BCUT2D eigenvalue weighted by atomic mass is 9.94. The Labute approximate surface area is 149 Å². The molecule has 1 heterocycles. The number of benzene rings is 3. The first-order valence-electron chi connectivity index (χ1n) is 8.11. The van der Waals surface area contributed by atoms with Crippen LogP contribution in [0.4, 0.5) is 5.88 Å². The van der Waals surface area contributed by atoms with E-state index in [0.717, 1.165) is 5.56 Å². The van der Waals surface area contributed by atoms with Gasteiger partial charge >= 0.3 is 0 Å². The zero-order valence-electron chi connectivity index (χ0n) is 14.1. The van der Waals surface area contributed by atoms with Gasteiger partial charge in [0.1, 0.15) is 28.7 Å². The maximum atomic E-state index is 11.0. The smallest absolute Gasteiger partial charge is 0.209 e. The number of nitriles is 1. The molecule has 0 spiro atoms. The molecule has 4 aromatic rings. The molecule has 0 unspecified atom stereocenters. The number of nitrogens with zero attached hydrogens (tertiary/aromatic N) is 1. The monoisotopic (exact) mass is 344 g/mol. The number of hydrogen-bond acceptors (Lipinski definition) is 5. The number of anilines is 1. The summed E-state index contributed by atoms with van der Waals surface area (Å²) in [5.74, 6) is 0.782. The van der Waals surface area contributed by atoms with E-state index in [1.165, 1.54) is 0 Å². The van der Waals surface area contributed by atoms with Gasteiger partial charge in [-0.25, -0.2) is 0 Å². The number of fused-ring (bicyclic) bond motifs is 3. The van der Waals surface area contributed by atoms with Crippen molar-refractivity contribution in [3.63, 3.8) is 0 Å². The molecular formula is C21H16N2O3. The van der Waals surface area contributed by atoms with Gasteiger partial charge in [-0.1, -0.05) is 30.3 Å². The number of phenols is 1. The van der Waals surface area contributed by atoms with Crippen LogP contribution in [0.1, 0.15) is 16.7 Å². The van der Waals surface area contributed by atoms with E-state index in [1.54, 1.807) is 25.3 Å². The summed E-state index contributed by atoms with van der Waals surface area (Å²) in [6, 6.07) is 17.2. The van der Waals surface area contributed by atoms with Gasteiger partial charge in [-0.05, 0) is 23.8 Å². The van der Waals surface area contributed by atoms with Crippen molar-refractivity contribution in [3.05, 3.63) is 65.2 Å². The summed E-state index contributed by atoms with van der Waals surface area (Å²) < 4.78 is 11.0. The van der Waals surface area contributed by atoms with E-state index in [-0.39, 0.29) is 17.2 Å². The van der Waals surface area contributed by atoms with Crippen molar-refractivity contribution >= 4 is 27.6 Å². The van der Waals surface area contributed by atoms with Gasteiger partial charge in [-0.2, -0.15) is 5.26 Å². The number of nitrogens with two attached hydrogens (primary N) is 1. The van der Waals surface area contributed by atoms with Crippen LogP contribution < -0.4 is 10.5 Å². The average molecular weight is 344 g/mol. The van der Waals surface area contributed by atoms with Crippen LogP contribution in [-0.2, 0) is 6.42 Å². The number of phenolic OH excluding ortho intramolecular Hbond substituents is 1. The highest BCUT2D eigenvalue weighted by Gasteiger charge is 2.23. The minimum atomic E-state index is 0.0551. The molecule has 0 bridgehead atoms. The number of aromatic hydroxyl groups is 1. The van der Waals surface area contributed by atoms with E-state index in [2.05, 4.69) is 6.07 Å². The van der Waals surface area contributed by atoms with Gasteiger partial charge in [0, 0.05) is 28.1 Å². The van der Waals surface area contributed by atoms with Crippen molar-refractivity contribution in [3.8, 4) is 17.6 Å². The first-order chi connectivity index (χ1) is 12.6. The van der Waals surface area contributed by atoms with Crippen LogP contribution in [0.15, 0.2) is 52.9 Å². The molecule has 0 amide bonds. The summed E-state index contributed by atoms with van der Waals surface area (Å²) in [4.78, 5) is 0. The lowest BCUT2D eigenvalue weighted by Gasteiger charge is -2.12. The highest BCUT2D eigenvalue weighted by molar-refractivity contribution is 6.12. The van der Waals surface area contributed by atoms with Crippen LogP contribution >= 0.6 is 0 Å². The first kappa shape index (κ1) is 15.9. The van der Waals surface area contributed by atoms with Gasteiger partial charge in [0.15, 0.2) is 0 Å². The summed E-state index contributed by atoms with van der Waals surface area (Å²) in [5.41, 5.74) is 8.30. The quantitative estimate of drug-likeness (QED) is 0.576. The van der Waals surface area contributed by atoms with E-state index < -0.39 is 0 Å². The van der Waals surface area contributed by atoms with E-state index in [1.807, 2.05) is 30.3 Å². The number of ether oxygens (including phenoxy) is 1. The van der Waals surface area contributed by atoms with Gasteiger partial charge in [0.25, 0.3) is 0 Å². The van der Waals surface area contributed by atoms with Crippen molar-refractivity contribution in [2.24, 2.45) is 0 Å². The van der Waals surface area contributed by atoms with E-state index in [9.17, 15) is 10.4 Å². The summed E-state index contributed by atoms with van der Waals surface area (Å²) >= 11 is 0. The largest absolute Gasteiger partial charge is 0.507 e. The minimum Gasteiger partial charge on any atom is -0.507 e. The van der Waals surface area contributed by atoms with Gasteiger partial charge in [0.05, 0.1) is 7.11 Å². The number of nitrogen functional groups attached to an aromatic ring is 1. The molecule has 1 aromatic heterocycles. The molecule has 0 saturated heterocycles. The van der Waals surface area contributed by atoms with Crippen LogP contribution in [-0.4, -0.2) is 12.2 Å². The fourth-order valence-corrected chi connectivity index (χ4v) is 3.33. The molecular weight excluding hydrogens is 328 g/mol.